The number of benzene rings is 2. The number of amides is 1. The summed E-state index contributed by atoms with van der Waals surface area (Å²) in [6, 6.07) is 11.7. The number of carbonyl (C=O) groups is 1. The van der Waals surface area contributed by atoms with Crippen LogP contribution in [0.3, 0.4) is 0 Å². The summed E-state index contributed by atoms with van der Waals surface area (Å²) in [4.78, 5) is 14.5. The molecule has 0 unspecified atom stereocenters. The van der Waals surface area contributed by atoms with Crippen LogP contribution in [0.15, 0.2) is 47.4 Å². The molecule has 0 atom stereocenters. The van der Waals surface area contributed by atoms with Gasteiger partial charge in [-0.3, -0.25) is 9.52 Å². The Bertz CT molecular complexity index is 931. The molecule has 1 aliphatic rings. The van der Waals surface area contributed by atoms with Crippen molar-refractivity contribution < 1.29 is 13.2 Å². The van der Waals surface area contributed by atoms with Gasteiger partial charge in [0.2, 0.25) is 0 Å². The van der Waals surface area contributed by atoms with Crippen molar-refractivity contribution in [2.75, 3.05) is 17.8 Å². The fraction of sp³-hybridized carbons (Fsp3) is 0.350. The van der Waals surface area contributed by atoms with E-state index in [2.05, 4.69) is 4.72 Å². The highest BCUT2D eigenvalue weighted by atomic mass is 32.2. The normalized spacial score (nSPS) is 15.6. The molecule has 0 saturated carbocycles. The monoisotopic (exact) mass is 387 g/mol. The Morgan fingerprint density at radius 2 is 1.70 bits per heavy atom. The molecule has 2 aromatic rings. The topological polar surface area (TPSA) is 92.5 Å². The lowest BCUT2D eigenvalue weighted by atomic mass is 10.1. The summed E-state index contributed by atoms with van der Waals surface area (Å²) in [7, 11) is -3.72. The molecular formula is C20H25N3O3S. The van der Waals surface area contributed by atoms with Gasteiger partial charge >= 0.3 is 0 Å². The SMILES string of the molecule is Cc1cccc(NS(=O)(=O)c2ccc(C(=O)N3CCC(N)CC3)cc2)c1C. The minimum atomic E-state index is -3.72. The second-order valence-electron chi connectivity index (χ2n) is 7.01. The molecule has 1 fully saturated rings. The Hall–Kier alpha value is -2.38. The maximum Gasteiger partial charge on any atom is 0.261 e. The summed E-state index contributed by atoms with van der Waals surface area (Å²) >= 11 is 0. The number of carbonyl (C=O) groups excluding carboxylic acids is 1. The van der Waals surface area contributed by atoms with Crippen molar-refractivity contribution in [3.63, 3.8) is 0 Å². The van der Waals surface area contributed by atoms with E-state index < -0.39 is 10.0 Å². The minimum absolute atomic E-state index is 0.0895. The first kappa shape index (κ1) is 19.4. The molecule has 6 nitrogen and oxygen atoms in total. The van der Waals surface area contributed by atoms with Crippen LogP contribution >= 0.6 is 0 Å². The molecule has 0 aromatic heterocycles. The van der Waals surface area contributed by atoms with Gasteiger partial charge in [-0.1, -0.05) is 12.1 Å². The number of nitrogens with two attached hydrogens (primary N) is 1. The van der Waals surface area contributed by atoms with Gasteiger partial charge in [0, 0.05) is 24.7 Å². The van der Waals surface area contributed by atoms with Crippen molar-refractivity contribution in [2.45, 2.75) is 37.6 Å². The van der Waals surface area contributed by atoms with Gasteiger partial charge < -0.3 is 10.6 Å². The second kappa shape index (κ2) is 7.70. The van der Waals surface area contributed by atoms with Gasteiger partial charge in [0.15, 0.2) is 0 Å². The number of nitrogens with zero attached hydrogens (tertiary/aromatic N) is 1. The van der Waals surface area contributed by atoms with E-state index in [4.69, 9.17) is 5.73 Å². The largest absolute Gasteiger partial charge is 0.339 e. The second-order valence-corrected chi connectivity index (χ2v) is 8.69. The van der Waals surface area contributed by atoms with Crippen molar-refractivity contribution >= 4 is 21.6 Å². The van der Waals surface area contributed by atoms with Gasteiger partial charge in [-0.05, 0) is 68.1 Å². The Balaban J connectivity index is 1.76. The van der Waals surface area contributed by atoms with Gasteiger partial charge in [0.05, 0.1) is 10.6 Å². The number of rotatable bonds is 4. The number of hydrogen-bond donors (Lipinski definition) is 2. The summed E-state index contributed by atoms with van der Waals surface area (Å²) in [6.45, 7) is 5.07. The third-order valence-corrected chi connectivity index (χ3v) is 6.47. The molecule has 1 aliphatic heterocycles. The standard InChI is InChI=1S/C20H25N3O3S/c1-14-4-3-5-19(15(14)2)22-27(25,26)18-8-6-16(7-9-18)20(24)23-12-10-17(21)11-13-23/h3-9,17,22H,10-13,21H2,1-2H3. The quantitative estimate of drug-likeness (QED) is 0.844. The molecule has 0 aliphatic carbocycles. The number of anilines is 1. The molecule has 2 aromatic carbocycles. The fourth-order valence-electron chi connectivity index (χ4n) is 3.13. The van der Waals surface area contributed by atoms with Crippen molar-refractivity contribution in [3.05, 3.63) is 59.2 Å². The van der Waals surface area contributed by atoms with Crippen LogP contribution in [-0.4, -0.2) is 38.4 Å². The Morgan fingerprint density at radius 3 is 2.33 bits per heavy atom. The van der Waals surface area contributed by atoms with Gasteiger partial charge in [0.1, 0.15) is 0 Å². The summed E-state index contributed by atoms with van der Waals surface area (Å²) in [5.41, 5.74) is 8.81. The van der Waals surface area contributed by atoms with E-state index in [1.54, 1.807) is 23.1 Å². The molecular weight excluding hydrogens is 362 g/mol. The van der Waals surface area contributed by atoms with Crippen LogP contribution < -0.4 is 10.5 Å². The molecule has 0 spiro atoms. The highest BCUT2D eigenvalue weighted by Crippen LogP contribution is 2.22. The Kier molecular flexibility index (Phi) is 5.53. The van der Waals surface area contributed by atoms with Crippen LogP contribution in [0.1, 0.15) is 34.3 Å². The fourth-order valence-corrected chi connectivity index (χ4v) is 4.25. The predicted molar refractivity (Wildman–Crippen MR) is 106 cm³/mol. The first-order chi connectivity index (χ1) is 12.8. The zero-order valence-corrected chi connectivity index (χ0v) is 16.4. The number of likely N-dealkylation sites (tertiary alicyclic amines) is 1. The van der Waals surface area contributed by atoms with Crippen LogP contribution in [0.4, 0.5) is 5.69 Å². The smallest absolute Gasteiger partial charge is 0.261 e. The molecule has 0 radical (unpaired) electrons. The lowest BCUT2D eigenvalue weighted by Crippen LogP contribution is -2.42. The van der Waals surface area contributed by atoms with E-state index in [9.17, 15) is 13.2 Å². The van der Waals surface area contributed by atoms with Gasteiger partial charge in [-0.2, -0.15) is 0 Å². The third-order valence-electron chi connectivity index (χ3n) is 5.09. The van der Waals surface area contributed by atoms with Crippen LogP contribution in [0.25, 0.3) is 0 Å². The number of nitrogens with one attached hydrogen (secondary N) is 1. The number of sulfonamides is 1. The minimum Gasteiger partial charge on any atom is -0.339 e. The van der Waals surface area contributed by atoms with E-state index in [1.165, 1.54) is 12.1 Å². The molecule has 1 amide bonds. The highest BCUT2D eigenvalue weighted by Gasteiger charge is 2.22. The number of hydrogen-bond acceptors (Lipinski definition) is 4. The zero-order valence-electron chi connectivity index (χ0n) is 15.6. The molecule has 7 heteroatoms. The van der Waals surface area contributed by atoms with E-state index >= 15 is 0 Å². The summed E-state index contributed by atoms with van der Waals surface area (Å²) in [5, 5.41) is 0. The van der Waals surface area contributed by atoms with Crippen molar-refractivity contribution in [1.82, 2.24) is 4.90 Å². The molecule has 27 heavy (non-hydrogen) atoms. The molecule has 3 rings (SSSR count). The Morgan fingerprint density at radius 1 is 1.07 bits per heavy atom. The average Bonchev–Trinajstić information content (AvgIpc) is 2.65. The maximum atomic E-state index is 12.7. The first-order valence-corrected chi connectivity index (χ1v) is 10.5. The van der Waals surface area contributed by atoms with Gasteiger partial charge in [-0.25, -0.2) is 8.42 Å². The van der Waals surface area contributed by atoms with Crippen molar-refractivity contribution in [2.24, 2.45) is 5.73 Å². The highest BCUT2D eigenvalue weighted by molar-refractivity contribution is 7.92. The zero-order chi connectivity index (χ0) is 19.6. The Labute approximate surface area is 160 Å². The third kappa shape index (κ3) is 4.31. The van der Waals surface area contributed by atoms with Crippen LogP contribution in [-0.2, 0) is 10.0 Å². The molecule has 1 heterocycles. The molecule has 144 valence electrons. The van der Waals surface area contributed by atoms with E-state index in [1.807, 2.05) is 26.0 Å². The van der Waals surface area contributed by atoms with Crippen LogP contribution in [0, 0.1) is 13.8 Å². The molecule has 0 bridgehead atoms. The maximum absolute atomic E-state index is 12.7. The number of aryl methyl sites for hydroxylation is 1. The molecule has 1 saturated heterocycles. The molecule has 3 N–H and O–H groups in total. The van der Waals surface area contributed by atoms with Crippen molar-refractivity contribution in [1.29, 1.82) is 0 Å². The summed E-state index contributed by atoms with van der Waals surface area (Å²) in [5.74, 6) is -0.0895. The predicted octanol–water partition coefficient (Wildman–Crippen LogP) is 2.67. The van der Waals surface area contributed by atoms with E-state index in [0.717, 1.165) is 24.0 Å². The van der Waals surface area contributed by atoms with Crippen LogP contribution in [0.2, 0.25) is 0 Å². The van der Waals surface area contributed by atoms with Crippen molar-refractivity contribution in [3.8, 4) is 0 Å². The summed E-state index contributed by atoms with van der Waals surface area (Å²) < 4.78 is 28.0. The summed E-state index contributed by atoms with van der Waals surface area (Å²) in [6.07, 6.45) is 1.58. The lowest BCUT2D eigenvalue weighted by molar-refractivity contribution is 0.0714. The first-order valence-electron chi connectivity index (χ1n) is 9.02. The van der Waals surface area contributed by atoms with Crippen LogP contribution in [0.5, 0.6) is 0 Å². The number of piperidine rings is 1. The van der Waals surface area contributed by atoms with E-state index in [-0.39, 0.29) is 16.8 Å². The van der Waals surface area contributed by atoms with E-state index in [0.29, 0.717) is 24.3 Å². The lowest BCUT2D eigenvalue weighted by Gasteiger charge is -2.30. The van der Waals surface area contributed by atoms with Gasteiger partial charge in [0.25, 0.3) is 15.9 Å². The van der Waals surface area contributed by atoms with Gasteiger partial charge in [-0.15, -0.1) is 0 Å². The average molecular weight is 388 g/mol.